The third-order valence-corrected chi connectivity index (χ3v) is 3.76. The van der Waals surface area contributed by atoms with Crippen LogP contribution in [-0.4, -0.2) is 22.3 Å². The van der Waals surface area contributed by atoms with E-state index in [1.165, 1.54) is 34.5 Å². The van der Waals surface area contributed by atoms with Gasteiger partial charge in [0.2, 0.25) is 0 Å². The molecule has 0 amide bonds. The fourth-order valence-corrected chi connectivity index (χ4v) is 2.29. The lowest BCUT2D eigenvalue weighted by Crippen LogP contribution is -1.82. The zero-order chi connectivity index (χ0) is 9.90. The van der Waals surface area contributed by atoms with E-state index in [2.05, 4.69) is 0 Å². The van der Waals surface area contributed by atoms with Gasteiger partial charge in [-0.2, -0.15) is 0 Å². The molecule has 0 saturated heterocycles. The van der Waals surface area contributed by atoms with Crippen LogP contribution >= 0.6 is 9.21 Å². The molecule has 0 aromatic carbocycles. The van der Waals surface area contributed by atoms with E-state index >= 15 is 0 Å². The minimum absolute atomic E-state index is 0.184. The van der Waals surface area contributed by atoms with Crippen LogP contribution in [0.3, 0.4) is 0 Å². The Morgan fingerprint density at radius 2 is 1.23 bits per heavy atom. The molecule has 0 aromatic heterocycles. The minimum atomic E-state index is -2.95. The van der Waals surface area contributed by atoms with Crippen molar-refractivity contribution in [2.24, 2.45) is 0 Å². The van der Waals surface area contributed by atoms with Gasteiger partial charge in [0.25, 0.3) is 0 Å². The Kier molecular flexibility index (Phi) is 2.32. The molecule has 0 unspecified atom stereocenters. The predicted octanol–water partition coefficient (Wildman–Crippen LogP) is -0.0738. The van der Waals surface area contributed by atoms with Crippen molar-refractivity contribution in [2.75, 3.05) is 0 Å². The van der Waals surface area contributed by atoms with Gasteiger partial charge in [-0.1, -0.05) is 0 Å². The molecule has 1 heterocycles. The second-order valence-corrected chi connectivity index (χ2v) is 4.48. The van der Waals surface area contributed by atoms with Crippen molar-refractivity contribution < 1.29 is 19.2 Å². The van der Waals surface area contributed by atoms with Crippen molar-refractivity contribution in [1.29, 1.82) is 0 Å². The zero-order valence-electron chi connectivity index (χ0n) is 6.20. The molecular formula is C8H2O4S. The van der Waals surface area contributed by atoms with Crippen LogP contribution in [0.5, 0.6) is 0 Å². The van der Waals surface area contributed by atoms with Gasteiger partial charge in [0.15, 0.2) is 10.5 Å². The maximum Gasteiger partial charge on any atom is 0.170 e. The van der Waals surface area contributed by atoms with Crippen LogP contribution in [0.1, 0.15) is 0 Å². The number of rotatable bonds is 0. The summed E-state index contributed by atoms with van der Waals surface area (Å²) in [6.45, 7) is 0. The van der Waals surface area contributed by atoms with Crippen molar-refractivity contribution in [3.8, 4) is 0 Å². The molecule has 64 valence electrons. The zero-order valence-corrected chi connectivity index (χ0v) is 7.01. The molecule has 0 spiro atoms. The molecule has 0 atom stereocenters. The van der Waals surface area contributed by atoms with E-state index in [9.17, 15) is 19.2 Å². The lowest BCUT2D eigenvalue weighted by molar-refractivity contribution is 0.567. The molecule has 0 bridgehead atoms. The van der Waals surface area contributed by atoms with E-state index in [4.69, 9.17) is 0 Å². The van der Waals surface area contributed by atoms with Crippen molar-refractivity contribution in [3.05, 3.63) is 22.0 Å². The average Bonchev–Trinajstić information content (AvgIpc) is 2.55. The van der Waals surface area contributed by atoms with Crippen molar-refractivity contribution >= 4 is 31.6 Å². The van der Waals surface area contributed by atoms with Gasteiger partial charge in [-0.05, 0) is 12.2 Å². The summed E-state index contributed by atoms with van der Waals surface area (Å²) >= 11 is 0. The van der Waals surface area contributed by atoms with Gasteiger partial charge in [0, 0.05) is 9.21 Å². The number of allylic oxidation sites excluding steroid dienone is 2. The van der Waals surface area contributed by atoms with Crippen LogP contribution in [0, 0.1) is 0 Å². The maximum atomic E-state index is 10.5. The molecule has 0 fully saturated rings. The fraction of sp³-hybridized carbons (Fsp3) is 0. The molecule has 0 aliphatic carbocycles. The second kappa shape index (κ2) is 3.26. The summed E-state index contributed by atoms with van der Waals surface area (Å²) in [6.07, 6.45) is 2.36. The monoisotopic (exact) mass is 194 g/mol. The van der Waals surface area contributed by atoms with Gasteiger partial charge >= 0.3 is 0 Å². The highest BCUT2D eigenvalue weighted by Gasteiger charge is 2.23. The third-order valence-electron chi connectivity index (χ3n) is 1.50. The Labute approximate surface area is 73.3 Å². The van der Waals surface area contributed by atoms with Crippen LogP contribution < -0.4 is 0 Å². The lowest BCUT2D eigenvalue weighted by Gasteiger charge is -1.95. The van der Waals surface area contributed by atoms with E-state index in [1.54, 1.807) is 0 Å². The number of carbonyl (C=O) groups excluding carboxylic acids is 4. The summed E-state index contributed by atoms with van der Waals surface area (Å²) in [5, 5.41) is 2.75. The smallest absolute Gasteiger partial charge is 0.170 e. The highest BCUT2D eigenvalue weighted by atomic mass is 32.2. The van der Waals surface area contributed by atoms with Crippen molar-refractivity contribution in [1.82, 2.24) is 0 Å². The number of hydrogen-bond donors (Lipinski definition) is 0. The first-order valence-electron chi connectivity index (χ1n) is 3.04. The quantitative estimate of drug-likeness (QED) is 0.399. The first-order valence-corrected chi connectivity index (χ1v) is 4.68. The molecule has 1 aliphatic heterocycles. The van der Waals surface area contributed by atoms with Crippen LogP contribution in [0.4, 0.5) is 0 Å². The Balaban J connectivity index is 3.98. The SMILES string of the molecule is O=C=C1C=CC(=C=O)S1(=C=O)=C=O. The molecule has 1 aliphatic rings. The summed E-state index contributed by atoms with van der Waals surface area (Å²) in [6, 6.07) is 0. The molecular weight excluding hydrogens is 192 g/mol. The van der Waals surface area contributed by atoms with Gasteiger partial charge in [-0.25, -0.2) is 19.2 Å². The Hall–Kier alpha value is -1.85. The van der Waals surface area contributed by atoms with Gasteiger partial charge in [-0.3, -0.25) is 0 Å². The summed E-state index contributed by atoms with van der Waals surface area (Å²) in [5.74, 6) is 2.83. The van der Waals surface area contributed by atoms with Crippen LogP contribution in [-0.2, 0) is 19.2 Å². The standard InChI is InChI=1S/C8H2O4S/c9-3-7-1-2-8(4-10)13(7,5-11)6-12/h1-2H. The highest BCUT2D eigenvalue weighted by Crippen LogP contribution is 2.44. The molecule has 0 N–H and O–H groups in total. The first-order chi connectivity index (χ1) is 6.25. The molecule has 0 radical (unpaired) electrons. The summed E-state index contributed by atoms with van der Waals surface area (Å²) < 4.78 is 0. The van der Waals surface area contributed by atoms with Crippen molar-refractivity contribution in [2.45, 2.75) is 0 Å². The third kappa shape index (κ3) is 1.07. The largest absolute Gasteiger partial charge is 0.232 e. The van der Waals surface area contributed by atoms with Gasteiger partial charge in [0.05, 0.1) is 0 Å². The maximum absolute atomic E-state index is 10.5. The van der Waals surface area contributed by atoms with E-state index in [0.29, 0.717) is 0 Å². The lowest BCUT2D eigenvalue weighted by atomic mass is 10.5. The Bertz CT molecular complexity index is 495. The Morgan fingerprint density at radius 3 is 1.46 bits per heavy atom. The minimum Gasteiger partial charge on any atom is -0.232 e. The predicted molar refractivity (Wildman–Crippen MR) is 46.5 cm³/mol. The van der Waals surface area contributed by atoms with Crippen LogP contribution in [0.25, 0.3) is 0 Å². The van der Waals surface area contributed by atoms with Crippen LogP contribution in [0.15, 0.2) is 22.0 Å². The topological polar surface area (TPSA) is 68.3 Å². The summed E-state index contributed by atoms with van der Waals surface area (Å²) in [5.41, 5.74) is 0. The molecule has 0 aromatic rings. The van der Waals surface area contributed by atoms with E-state index < -0.39 is 9.21 Å². The average molecular weight is 194 g/mol. The fourth-order valence-electron chi connectivity index (χ4n) is 0.864. The summed E-state index contributed by atoms with van der Waals surface area (Å²) in [7, 11) is -2.95. The molecule has 5 heteroatoms. The van der Waals surface area contributed by atoms with Gasteiger partial charge in [0.1, 0.15) is 21.7 Å². The molecule has 0 saturated carbocycles. The summed E-state index contributed by atoms with van der Waals surface area (Å²) in [4.78, 5) is 41.3. The van der Waals surface area contributed by atoms with E-state index in [1.807, 2.05) is 0 Å². The first kappa shape index (κ1) is 9.24. The molecule has 1 rings (SSSR count). The van der Waals surface area contributed by atoms with E-state index in [0.717, 1.165) is 0 Å². The second-order valence-electron chi connectivity index (χ2n) is 2.04. The molecule has 13 heavy (non-hydrogen) atoms. The van der Waals surface area contributed by atoms with E-state index in [-0.39, 0.29) is 9.81 Å². The molecule has 4 nitrogen and oxygen atoms in total. The van der Waals surface area contributed by atoms with Crippen molar-refractivity contribution in [3.63, 3.8) is 0 Å². The normalized spacial score (nSPS) is 17.2. The highest BCUT2D eigenvalue weighted by molar-refractivity contribution is 8.35. The van der Waals surface area contributed by atoms with Gasteiger partial charge in [-0.15, -0.1) is 0 Å². The van der Waals surface area contributed by atoms with Gasteiger partial charge < -0.3 is 0 Å². The number of hydrogen-bond acceptors (Lipinski definition) is 4. The van der Waals surface area contributed by atoms with Crippen LogP contribution in [0.2, 0.25) is 0 Å². The Morgan fingerprint density at radius 1 is 0.846 bits per heavy atom.